The Labute approximate surface area is 178 Å². The van der Waals surface area contributed by atoms with Crippen LogP contribution in [0.2, 0.25) is 0 Å². The van der Waals surface area contributed by atoms with Crippen LogP contribution in [0.5, 0.6) is 5.75 Å². The fourth-order valence-corrected chi connectivity index (χ4v) is 4.94. The SMILES string of the molecule is COc1ccccc1C1=NOC(CC2(C(=O)N3CCC(O)C(C)C3)CCOCC2)C1. The molecule has 3 aliphatic heterocycles. The number of benzene rings is 1. The molecule has 7 heteroatoms. The van der Waals surface area contributed by atoms with Gasteiger partial charge in [0.2, 0.25) is 5.91 Å². The molecule has 0 spiro atoms. The van der Waals surface area contributed by atoms with Gasteiger partial charge in [-0.15, -0.1) is 0 Å². The minimum Gasteiger partial charge on any atom is -0.496 e. The van der Waals surface area contributed by atoms with Crippen molar-refractivity contribution in [3.05, 3.63) is 29.8 Å². The summed E-state index contributed by atoms with van der Waals surface area (Å²) in [7, 11) is 1.65. The van der Waals surface area contributed by atoms with Crippen LogP contribution in [0.1, 0.15) is 44.6 Å². The fraction of sp³-hybridized carbons (Fsp3) is 0.652. The highest BCUT2D eigenvalue weighted by molar-refractivity contribution is 6.03. The van der Waals surface area contributed by atoms with Gasteiger partial charge < -0.3 is 24.3 Å². The molecule has 3 aliphatic rings. The number of nitrogens with zero attached hydrogens (tertiary/aromatic N) is 2. The molecule has 1 amide bonds. The summed E-state index contributed by atoms with van der Waals surface area (Å²) in [6.45, 7) is 4.40. The summed E-state index contributed by atoms with van der Waals surface area (Å²) in [4.78, 5) is 21.4. The van der Waals surface area contributed by atoms with Gasteiger partial charge in [0.05, 0.1) is 24.3 Å². The number of oxime groups is 1. The Hall–Kier alpha value is -2.12. The minimum absolute atomic E-state index is 0.0998. The molecule has 0 aliphatic carbocycles. The second-order valence-corrected chi connectivity index (χ2v) is 8.85. The van der Waals surface area contributed by atoms with Crippen LogP contribution in [0.25, 0.3) is 0 Å². The van der Waals surface area contributed by atoms with Crippen LogP contribution in [-0.2, 0) is 14.4 Å². The molecule has 2 saturated heterocycles. The summed E-state index contributed by atoms with van der Waals surface area (Å²) in [6, 6.07) is 7.80. The zero-order chi connectivity index (χ0) is 21.1. The first-order chi connectivity index (χ1) is 14.5. The lowest BCUT2D eigenvalue weighted by Crippen LogP contribution is -2.53. The van der Waals surface area contributed by atoms with E-state index in [0.717, 1.165) is 17.0 Å². The monoisotopic (exact) mass is 416 g/mol. The van der Waals surface area contributed by atoms with Crippen LogP contribution in [0.3, 0.4) is 0 Å². The smallest absolute Gasteiger partial charge is 0.229 e. The third-order valence-electron chi connectivity index (χ3n) is 6.82. The van der Waals surface area contributed by atoms with E-state index in [1.54, 1.807) is 7.11 Å². The number of amides is 1. The van der Waals surface area contributed by atoms with Gasteiger partial charge in [0.15, 0.2) is 0 Å². The molecule has 0 saturated carbocycles. The number of rotatable bonds is 5. The van der Waals surface area contributed by atoms with E-state index in [1.165, 1.54) is 0 Å². The van der Waals surface area contributed by atoms with E-state index in [9.17, 15) is 9.90 Å². The van der Waals surface area contributed by atoms with Crippen molar-refractivity contribution in [2.24, 2.45) is 16.5 Å². The zero-order valence-electron chi connectivity index (χ0n) is 17.9. The number of likely N-dealkylation sites (tertiary alicyclic amines) is 1. The molecular weight excluding hydrogens is 384 g/mol. The van der Waals surface area contributed by atoms with Gasteiger partial charge in [-0.05, 0) is 37.3 Å². The van der Waals surface area contributed by atoms with Gasteiger partial charge in [-0.2, -0.15) is 0 Å². The van der Waals surface area contributed by atoms with E-state index in [2.05, 4.69) is 5.16 Å². The normalized spacial score (nSPS) is 28.6. The molecule has 3 unspecified atom stereocenters. The number of aliphatic hydroxyl groups is 1. The first-order valence-electron chi connectivity index (χ1n) is 10.9. The molecule has 0 bridgehead atoms. The molecular formula is C23H32N2O5. The predicted molar refractivity (Wildman–Crippen MR) is 112 cm³/mol. The van der Waals surface area contributed by atoms with Crippen LogP contribution in [0, 0.1) is 11.3 Å². The summed E-state index contributed by atoms with van der Waals surface area (Å²) in [5.74, 6) is 1.06. The van der Waals surface area contributed by atoms with Crippen LogP contribution in [0.15, 0.2) is 29.4 Å². The molecule has 164 valence electrons. The van der Waals surface area contributed by atoms with E-state index in [0.29, 0.717) is 58.4 Å². The van der Waals surface area contributed by atoms with Crippen molar-refractivity contribution in [2.75, 3.05) is 33.4 Å². The Balaban J connectivity index is 1.47. The maximum Gasteiger partial charge on any atom is 0.229 e. The van der Waals surface area contributed by atoms with Crippen LogP contribution >= 0.6 is 0 Å². The Morgan fingerprint density at radius 3 is 2.83 bits per heavy atom. The van der Waals surface area contributed by atoms with E-state index < -0.39 is 5.41 Å². The number of hydrogen-bond donors (Lipinski definition) is 1. The lowest BCUT2D eigenvalue weighted by Gasteiger charge is -2.43. The summed E-state index contributed by atoms with van der Waals surface area (Å²) in [5.41, 5.74) is 1.31. The van der Waals surface area contributed by atoms with Crippen molar-refractivity contribution in [3.8, 4) is 5.75 Å². The summed E-state index contributed by atoms with van der Waals surface area (Å²) in [6.07, 6.45) is 2.86. The summed E-state index contributed by atoms with van der Waals surface area (Å²) in [5, 5.41) is 14.4. The van der Waals surface area contributed by atoms with Gasteiger partial charge in [0.25, 0.3) is 0 Å². The van der Waals surface area contributed by atoms with Gasteiger partial charge in [-0.3, -0.25) is 4.79 Å². The molecule has 0 radical (unpaired) electrons. The molecule has 1 aromatic rings. The van der Waals surface area contributed by atoms with Gasteiger partial charge in [-0.25, -0.2) is 0 Å². The Morgan fingerprint density at radius 2 is 2.10 bits per heavy atom. The van der Waals surface area contributed by atoms with Crippen LogP contribution < -0.4 is 4.74 Å². The third kappa shape index (κ3) is 4.18. The Kier molecular flexibility index (Phi) is 6.29. The van der Waals surface area contributed by atoms with Gasteiger partial charge in [0, 0.05) is 44.7 Å². The average Bonchev–Trinajstić information content (AvgIpc) is 3.23. The Morgan fingerprint density at radius 1 is 1.33 bits per heavy atom. The maximum absolute atomic E-state index is 13.6. The lowest BCUT2D eigenvalue weighted by molar-refractivity contribution is -0.155. The van der Waals surface area contributed by atoms with Crippen molar-refractivity contribution < 1.29 is 24.2 Å². The number of hydrogen-bond acceptors (Lipinski definition) is 6. The van der Waals surface area contributed by atoms with E-state index in [-0.39, 0.29) is 24.0 Å². The quantitative estimate of drug-likeness (QED) is 0.798. The molecule has 3 heterocycles. The Bertz CT molecular complexity index is 790. The maximum atomic E-state index is 13.6. The topological polar surface area (TPSA) is 80.6 Å². The molecule has 3 atom stereocenters. The van der Waals surface area contributed by atoms with Crippen molar-refractivity contribution in [2.45, 2.75) is 51.2 Å². The lowest BCUT2D eigenvalue weighted by atomic mass is 9.73. The number of methoxy groups -OCH3 is 1. The van der Waals surface area contributed by atoms with Crippen LogP contribution in [-0.4, -0.2) is 67.2 Å². The number of aliphatic hydroxyl groups excluding tert-OH is 1. The van der Waals surface area contributed by atoms with Crippen molar-refractivity contribution in [1.29, 1.82) is 0 Å². The third-order valence-corrected chi connectivity index (χ3v) is 6.82. The molecule has 1 N–H and O–H groups in total. The second-order valence-electron chi connectivity index (χ2n) is 8.85. The number of ether oxygens (including phenoxy) is 2. The van der Waals surface area contributed by atoms with Gasteiger partial charge in [-0.1, -0.05) is 24.2 Å². The standard InChI is InChI=1S/C23H32N2O5/c1-16-15-25(10-7-20(16)26)22(27)23(8-11-29-12-9-23)14-17-13-19(24-30-17)18-5-3-4-6-21(18)28-2/h3-6,16-17,20,26H,7-15H2,1-2H3. The molecule has 30 heavy (non-hydrogen) atoms. The predicted octanol–water partition coefficient (Wildman–Crippen LogP) is 2.60. The number of para-hydroxylation sites is 1. The average molecular weight is 417 g/mol. The van der Waals surface area contributed by atoms with Crippen molar-refractivity contribution in [1.82, 2.24) is 4.90 Å². The molecule has 4 rings (SSSR count). The first-order valence-corrected chi connectivity index (χ1v) is 10.9. The number of carbonyl (C=O) groups is 1. The van der Waals surface area contributed by atoms with Crippen molar-refractivity contribution in [3.63, 3.8) is 0 Å². The molecule has 7 nitrogen and oxygen atoms in total. The first kappa shape index (κ1) is 21.1. The van der Waals surface area contributed by atoms with Crippen LogP contribution in [0.4, 0.5) is 0 Å². The van der Waals surface area contributed by atoms with E-state index in [1.807, 2.05) is 36.1 Å². The minimum atomic E-state index is -0.489. The summed E-state index contributed by atoms with van der Waals surface area (Å²) < 4.78 is 11.1. The van der Waals surface area contributed by atoms with E-state index in [4.69, 9.17) is 14.3 Å². The zero-order valence-corrected chi connectivity index (χ0v) is 17.9. The van der Waals surface area contributed by atoms with Gasteiger partial charge >= 0.3 is 0 Å². The fourth-order valence-electron chi connectivity index (χ4n) is 4.94. The highest BCUT2D eigenvalue weighted by atomic mass is 16.6. The van der Waals surface area contributed by atoms with Gasteiger partial charge in [0.1, 0.15) is 11.9 Å². The summed E-state index contributed by atoms with van der Waals surface area (Å²) >= 11 is 0. The number of piperidine rings is 1. The number of carbonyl (C=O) groups excluding carboxylic acids is 1. The molecule has 1 aromatic carbocycles. The largest absolute Gasteiger partial charge is 0.496 e. The highest BCUT2D eigenvalue weighted by Crippen LogP contribution is 2.41. The van der Waals surface area contributed by atoms with E-state index >= 15 is 0 Å². The van der Waals surface area contributed by atoms with Crippen molar-refractivity contribution >= 4 is 11.6 Å². The molecule has 2 fully saturated rings. The second kappa shape index (κ2) is 8.94. The highest BCUT2D eigenvalue weighted by Gasteiger charge is 2.46. The molecule has 0 aromatic heterocycles.